The minimum Gasteiger partial charge on any atom is -0.478 e. The molecule has 0 aliphatic rings. The molecule has 0 saturated carbocycles. The summed E-state index contributed by atoms with van der Waals surface area (Å²) in [5.41, 5.74) is 2.43. The van der Waals surface area contributed by atoms with Crippen molar-refractivity contribution < 1.29 is 19.4 Å². The zero-order chi connectivity index (χ0) is 30.0. The van der Waals surface area contributed by atoms with E-state index in [0.29, 0.717) is 25.0 Å². The molecule has 0 unspecified atom stereocenters. The summed E-state index contributed by atoms with van der Waals surface area (Å²) in [7, 11) is 0. The van der Waals surface area contributed by atoms with Gasteiger partial charge in [-0.15, -0.1) is 0 Å². The Morgan fingerprint density at radius 1 is 0.650 bits per heavy atom. The van der Waals surface area contributed by atoms with Gasteiger partial charge in [0.1, 0.15) is 0 Å². The standard InChI is InChI=1S/C36H62O4/c1-8-9-10-11-12-13-14-15-16-17-18-19-20-21-22-23-26-40-32(37)25-24-29-27-30(35(2,3)4)33(34(38)39)31(28-29)36(5,6)7/h27-28H,8-26H2,1-7H3,(H,38,39). The molecule has 0 saturated heterocycles. The van der Waals surface area contributed by atoms with Crippen molar-refractivity contribution in [3.63, 3.8) is 0 Å². The number of benzene rings is 1. The predicted molar refractivity (Wildman–Crippen MR) is 170 cm³/mol. The number of aryl methyl sites for hydroxylation is 1. The number of aromatic carboxylic acids is 1. The molecule has 0 aliphatic carbocycles. The maximum Gasteiger partial charge on any atom is 0.336 e. The van der Waals surface area contributed by atoms with Gasteiger partial charge in [-0.25, -0.2) is 4.79 Å². The Kier molecular flexibility index (Phi) is 17.5. The highest BCUT2D eigenvalue weighted by atomic mass is 16.5. The summed E-state index contributed by atoms with van der Waals surface area (Å²) >= 11 is 0. The molecule has 0 aliphatic heterocycles. The molecule has 0 radical (unpaired) electrons. The largest absolute Gasteiger partial charge is 0.478 e. The third kappa shape index (κ3) is 15.2. The van der Waals surface area contributed by atoms with Gasteiger partial charge in [-0.3, -0.25) is 4.79 Å². The van der Waals surface area contributed by atoms with Crippen molar-refractivity contribution in [2.45, 2.75) is 175 Å². The van der Waals surface area contributed by atoms with Crippen LogP contribution in [0.3, 0.4) is 0 Å². The van der Waals surface area contributed by atoms with E-state index in [0.717, 1.165) is 29.5 Å². The summed E-state index contributed by atoms with van der Waals surface area (Å²) in [6, 6.07) is 3.95. The smallest absolute Gasteiger partial charge is 0.336 e. The molecule has 0 aromatic heterocycles. The van der Waals surface area contributed by atoms with Crippen LogP contribution < -0.4 is 0 Å². The molecule has 1 rings (SSSR count). The lowest BCUT2D eigenvalue weighted by Crippen LogP contribution is -2.24. The number of rotatable bonds is 21. The molecule has 1 N–H and O–H groups in total. The van der Waals surface area contributed by atoms with Crippen molar-refractivity contribution in [2.75, 3.05) is 6.61 Å². The number of unbranched alkanes of at least 4 members (excludes halogenated alkanes) is 15. The van der Waals surface area contributed by atoms with Crippen LogP contribution in [0.15, 0.2) is 12.1 Å². The third-order valence-electron chi connectivity index (χ3n) is 7.91. The molecule has 0 atom stereocenters. The topological polar surface area (TPSA) is 63.6 Å². The Balaban J connectivity index is 2.24. The Morgan fingerprint density at radius 3 is 1.38 bits per heavy atom. The van der Waals surface area contributed by atoms with Crippen LogP contribution in [-0.2, 0) is 26.8 Å². The van der Waals surface area contributed by atoms with Gasteiger partial charge in [0.25, 0.3) is 0 Å². The lowest BCUT2D eigenvalue weighted by molar-refractivity contribution is -0.143. The first-order chi connectivity index (χ1) is 18.9. The predicted octanol–water partition coefficient (Wildman–Crippen LogP) is 10.7. The number of hydrogen-bond acceptors (Lipinski definition) is 3. The zero-order valence-electron chi connectivity index (χ0n) is 27.3. The average molecular weight is 559 g/mol. The van der Waals surface area contributed by atoms with E-state index >= 15 is 0 Å². The maximum absolute atomic E-state index is 12.4. The van der Waals surface area contributed by atoms with Gasteiger partial charge >= 0.3 is 11.9 Å². The minimum atomic E-state index is -0.889. The van der Waals surface area contributed by atoms with E-state index in [4.69, 9.17) is 4.74 Å². The lowest BCUT2D eigenvalue weighted by atomic mass is 9.75. The van der Waals surface area contributed by atoms with Crippen molar-refractivity contribution in [1.82, 2.24) is 0 Å². The van der Waals surface area contributed by atoms with Crippen LogP contribution in [0.5, 0.6) is 0 Å². The summed E-state index contributed by atoms with van der Waals surface area (Å²) in [5.74, 6) is -1.06. The van der Waals surface area contributed by atoms with E-state index in [1.807, 2.05) is 53.7 Å². The van der Waals surface area contributed by atoms with Crippen LogP contribution in [0.4, 0.5) is 0 Å². The van der Waals surface area contributed by atoms with E-state index < -0.39 is 5.97 Å². The molecular formula is C36H62O4. The number of hydrogen-bond donors (Lipinski definition) is 1. The summed E-state index contributed by atoms with van der Waals surface area (Å²) in [5, 5.41) is 9.98. The molecule has 4 heteroatoms. The highest BCUT2D eigenvalue weighted by Crippen LogP contribution is 2.35. The normalized spacial score (nSPS) is 12.1. The van der Waals surface area contributed by atoms with E-state index in [-0.39, 0.29) is 16.8 Å². The number of carbonyl (C=O) groups excluding carboxylic acids is 1. The van der Waals surface area contributed by atoms with E-state index in [9.17, 15) is 14.7 Å². The van der Waals surface area contributed by atoms with Crippen LogP contribution in [-0.4, -0.2) is 23.7 Å². The lowest BCUT2D eigenvalue weighted by Gasteiger charge is -2.29. The monoisotopic (exact) mass is 558 g/mol. The fourth-order valence-electron chi connectivity index (χ4n) is 5.41. The van der Waals surface area contributed by atoms with Crippen LogP contribution in [0.1, 0.15) is 185 Å². The molecular weight excluding hydrogens is 496 g/mol. The second-order valence-electron chi connectivity index (χ2n) is 13.9. The van der Waals surface area contributed by atoms with Crippen LogP contribution in [0.2, 0.25) is 0 Å². The highest BCUT2D eigenvalue weighted by molar-refractivity contribution is 5.92. The molecule has 40 heavy (non-hydrogen) atoms. The molecule has 0 spiro atoms. The fraction of sp³-hybridized carbons (Fsp3) is 0.778. The number of esters is 1. The first kappa shape index (κ1) is 36.2. The van der Waals surface area contributed by atoms with Crippen LogP contribution in [0.25, 0.3) is 0 Å². The van der Waals surface area contributed by atoms with Gasteiger partial charge in [-0.05, 0) is 40.4 Å². The SMILES string of the molecule is CCCCCCCCCCCCCCCCCCOC(=O)CCc1cc(C(C)(C)C)c(C(=O)O)c(C(C)(C)C)c1. The van der Waals surface area contributed by atoms with Crippen molar-refractivity contribution >= 4 is 11.9 Å². The first-order valence-corrected chi connectivity index (χ1v) is 16.4. The van der Waals surface area contributed by atoms with Crippen molar-refractivity contribution in [1.29, 1.82) is 0 Å². The summed E-state index contributed by atoms with van der Waals surface area (Å²) in [6.45, 7) is 15.0. The minimum absolute atomic E-state index is 0.169. The molecule has 4 nitrogen and oxygen atoms in total. The average Bonchev–Trinajstić information content (AvgIpc) is 2.87. The molecule has 0 fully saturated rings. The first-order valence-electron chi connectivity index (χ1n) is 16.4. The van der Waals surface area contributed by atoms with Gasteiger partial charge in [-0.1, -0.05) is 157 Å². The van der Waals surface area contributed by atoms with Crippen molar-refractivity contribution in [3.05, 3.63) is 34.4 Å². The van der Waals surface area contributed by atoms with Gasteiger partial charge in [0.2, 0.25) is 0 Å². The number of ether oxygens (including phenoxy) is 1. The molecule has 1 aromatic rings. The van der Waals surface area contributed by atoms with Crippen molar-refractivity contribution in [2.24, 2.45) is 0 Å². The quantitative estimate of drug-likeness (QED) is 0.120. The van der Waals surface area contributed by atoms with Gasteiger partial charge in [-0.2, -0.15) is 0 Å². The van der Waals surface area contributed by atoms with E-state index in [2.05, 4.69) is 6.92 Å². The fourth-order valence-corrected chi connectivity index (χ4v) is 5.41. The van der Waals surface area contributed by atoms with Gasteiger partial charge in [0, 0.05) is 6.42 Å². The second kappa shape index (κ2) is 19.3. The highest BCUT2D eigenvalue weighted by Gasteiger charge is 2.30. The van der Waals surface area contributed by atoms with Gasteiger partial charge < -0.3 is 9.84 Å². The Labute approximate surface area is 247 Å². The number of carboxylic acid groups (broad SMARTS) is 1. The summed E-state index contributed by atoms with van der Waals surface area (Å²) in [4.78, 5) is 24.6. The van der Waals surface area contributed by atoms with Crippen molar-refractivity contribution in [3.8, 4) is 0 Å². The summed E-state index contributed by atoms with van der Waals surface area (Å²) in [6.07, 6.45) is 22.1. The van der Waals surface area contributed by atoms with Crippen LogP contribution in [0, 0.1) is 0 Å². The van der Waals surface area contributed by atoms with Crippen LogP contribution >= 0.6 is 0 Å². The van der Waals surface area contributed by atoms with Gasteiger partial charge in [0.15, 0.2) is 0 Å². The summed E-state index contributed by atoms with van der Waals surface area (Å²) < 4.78 is 5.51. The van der Waals surface area contributed by atoms with E-state index in [1.165, 1.54) is 89.9 Å². The second-order valence-corrected chi connectivity index (χ2v) is 13.9. The Bertz CT molecular complexity index is 822. The Hall–Kier alpha value is -1.84. The van der Waals surface area contributed by atoms with E-state index in [1.54, 1.807) is 0 Å². The molecule has 0 amide bonds. The third-order valence-corrected chi connectivity index (χ3v) is 7.91. The molecule has 1 aromatic carbocycles. The molecule has 230 valence electrons. The Morgan fingerprint density at radius 2 is 1.02 bits per heavy atom. The molecule has 0 heterocycles. The van der Waals surface area contributed by atoms with Gasteiger partial charge in [0.05, 0.1) is 12.2 Å². The number of carboxylic acids is 1. The maximum atomic E-state index is 12.4. The number of carbonyl (C=O) groups is 2. The zero-order valence-corrected chi connectivity index (χ0v) is 27.3. The molecule has 0 bridgehead atoms.